The molecule has 1 aromatic rings. The number of hydrogen-bond donors (Lipinski definition) is 2. The molecule has 2 aliphatic rings. The molecule has 1 heterocycles. The number of carbonyl (C=O) groups is 1. The molecule has 1 aliphatic heterocycles. The number of nitrogens with zero attached hydrogens (tertiary/aromatic N) is 2. The van der Waals surface area contributed by atoms with Gasteiger partial charge in [-0.2, -0.15) is 0 Å². The lowest BCUT2D eigenvalue weighted by atomic mass is 10.1. The zero-order valence-electron chi connectivity index (χ0n) is 16.5. The van der Waals surface area contributed by atoms with Crippen molar-refractivity contribution in [3.63, 3.8) is 0 Å². The third-order valence-electron chi connectivity index (χ3n) is 5.60. The van der Waals surface area contributed by atoms with Crippen molar-refractivity contribution < 1.29 is 4.79 Å². The molecule has 2 fully saturated rings. The zero-order valence-corrected chi connectivity index (χ0v) is 18.9. The van der Waals surface area contributed by atoms with Crippen molar-refractivity contribution in [1.82, 2.24) is 15.5 Å². The van der Waals surface area contributed by atoms with Gasteiger partial charge in [0.25, 0.3) is 0 Å². The van der Waals surface area contributed by atoms with Gasteiger partial charge in [-0.3, -0.25) is 9.79 Å². The Kier molecular flexibility index (Phi) is 8.86. The van der Waals surface area contributed by atoms with Gasteiger partial charge in [-0.25, -0.2) is 0 Å². The molecule has 0 spiro atoms. The largest absolute Gasteiger partial charge is 0.356 e. The first kappa shape index (κ1) is 22.0. The topological polar surface area (TPSA) is 56.7 Å². The highest BCUT2D eigenvalue weighted by atomic mass is 127. The van der Waals surface area contributed by atoms with Crippen LogP contribution in [0.5, 0.6) is 0 Å². The molecule has 3 rings (SSSR count). The molecular formula is C21H33IN4O. The minimum Gasteiger partial charge on any atom is -0.356 e. The summed E-state index contributed by atoms with van der Waals surface area (Å²) in [4.78, 5) is 18.9. The number of likely N-dealkylation sites (tertiary alicyclic amines) is 1. The minimum absolute atomic E-state index is 0. The molecule has 1 saturated heterocycles. The van der Waals surface area contributed by atoms with Gasteiger partial charge in [-0.1, -0.05) is 42.7 Å². The molecule has 1 aliphatic carbocycles. The van der Waals surface area contributed by atoms with E-state index >= 15 is 0 Å². The number of amides is 1. The first-order chi connectivity index (χ1) is 12.7. The summed E-state index contributed by atoms with van der Waals surface area (Å²) in [5.74, 6) is 1.48. The molecule has 1 unspecified atom stereocenters. The highest BCUT2D eigenvalue weighted by molar-refractivity contribution is 14.0. The van der Waals surface area contributed by atoms with E-state index in [1.165, 1.54) is 24.0 Å². The number of benzene rings is 1. The predicted molar refractivity (Wildman–Crippen MR) is 122 cm³/mol. The number of nitrogens with one attached hydrogen (secondary N) is 2. The fourth-order valence-corrected chi connectivity index (χ4v) is 3.98. The molecule has 0 radical (unpaired) electrons. The average Bonchev–Trinajstić information content (AvgIpc) is 3.34. The molecule has 1 saturated carbocycles. The Bertz CT molecular complexity index is 626. The average molecular weight is 484 g/mol. The zero-order chi connectivity index (χ0) is 18.4. The lowest BCUT2D eigenvalue weighted by molar-refractivity contribution is -0.134. The fraction of sp³-hybridized carbons (Fsp3) is 0.619. The minimum atomic E-state index is 0. The molecular weight excluding hydrogens is 451 g/mol. The highest BCUT2D eigenvalue weighted by Crippen LogP contribution is 2.27. The van der Waals surface area contributed by atoms with Crippen molar-refractivity contribution in [2.75, 3.05) is 26.7 Å². The lowest BCUT2D eigenvalue weighted by Gasteiger charge is -2.21. The fourth-order valence-electron chi connectivity index (χ4n) is 3.98. The van der Waals surface area contributed by atoms with E-state index in [9.17, 15) is 4.79 Å². The second-order valence-electron chi connectivity index (χ2n) is 7.63. The second-order valence-corrected chi connectivity index (χ2v) is 7.63. The van der Waals surface area contributed by atoms with Crippen molar-refractivity contribution in [3.05, 3.63) is 35.4 Å². The molecule has 1 aromatic carbocycles. The van der Waals surface area contributed by atoms with Crippen molar-refractivity contribution in [2.24, 2.45) is 10.9 Å². The molecule has 0 bridgehead atoms. The number of rotatable bonds is 5. The predicted octanol–water partition coefficient (Wildman–Crippen LogP) is 3.11. The quantitative estimate of drug-likeness (QED) is 0.384. The van der Waals surface area contributed by atoms with Gasteiger partial charge < -0.3 is 15.5 Å². The van der Waals surface area contributed by atoms with E-state index in [1.807, 2.05) is 4.90 Å². The van der Waals surface area contributed by atoms with Crippen LogP contribution in [-0.2, 0) is 11.2 Å². The summed E-state index contributed by atoms with van der Waals surface area (Å²) in [6, 6.07) is 8.95. The van der Waals surface area contributed by atoms with E-state index in [1.54, 1.807) is 7.05 Å². The standard InChI is InChI=1S/C21H32N4O.HI/c1-16-7-9-17(10-8-16)11-13-23-21(22-2)24-19-12-14-25(15-19)20(26)18-5-3-4-6-18;/h7-10,18-19H,3-6,11-15H2,1-2H3,(H2,22,23,24);1H. The first-order valence-electron chi connectivity index (χ1n) is 9.97. The maximum Gasteiger partial charge on any atom is 0.225 e. The van der Waals surface area contributed by atoms with Gasteiger partial charge in [0.1, 0.15) is 0 Å². The van der Waals surface area contributed by atoms with Crippen molar-refractivity contribution in [3.8, 4) is 0 Å². The first-order valence-corrected chi connectivity index (χ1v) is 9.97. The lowest BCUT2D eigenvalue weighted by Crippen LogP contribution is -2.45. The van der Waals surface area contributed by atoms with Gasteiger partial charge in [0, 0.05) is 38.6 Å². The Labute approximate surface area is 180 Å². The molecule has 6 heteroatoms. The van der Waals surface area contributed by atoms with E-state index in [-0.39, 0.29) is 29.9 Å². The number of aryl methyl sites for hydroxylation is 1. The summed E-state index contributed by atoms with van der Waals surface area (Å²) in [5, 5.41) is 6.88. The van der Waals surface area contributed by atoms with Crippen molar-refractivity contribution in [1.29, 1.82) is 0 Å². The molecule has 150 valence electrons. The van der Waals surface area contributed by atoms with Gasteiger partial charge in [-0.05, 0) is 38.2 Å². The molecule has 27 heavy (non-hydrogen) atoms. The van der Waals surface area contributed by atoms with Crippen LogP contribution in [0.15, 0.2) is 29.3 Å². The third kappa shape index (κ3) is 6.36. The van der Waals surface area contributed by atoms with E-state index in [0.29, 0.717) is 11.9 Å². The van der Waals surface area contributed by atoms with Crippen LogP contribution in [0.3, 0.4) is 0 Å². The summed E-state index contributed by atoms with van der Waals surface area (Å²) in [5.41, 5.74) is 2.62. The van der Waals surface area contributed by atoms with E-state index in [0.717, 1.165) is 51.3 Å². The Hall–Kier alpha value is -1.31. The molecule has 0 aromatic heterocycles. The highest BCUT2D eigenvalue weighted by Gasteiger charge is 2.32. The molecule has 1 amide bonds. The van der Waals surface area contributed by atoms with Crippen molar-refractivity contribution >= 4 is 35.8 Å². The van der Waals surface area contributed by atoms with Crippen LogP contribution in [-0.4, -0.2) is 49.5 Å². The second kappa shape index (κ2) is 10.9. The van der Waals surface area contributed by atoms with Crippen LogP contribution >= 0.6 is 24.0 Å². The Balaban J connectivity index is 0.00000261. The SMILES string of the molecule is CN=C(NCCc1ccc(C)cc1)NC1CCN(C(=O)C2CCCC2)C1.I. The van der Waals surface area contributed by atoms with Crippen LogP contribution in [0, 0.1) is 12.8 Å². The molecule has 5 nitrogen and oxygen atoms in total. The van der Waals surface area contributed by atoms with Gasteiger partial charge >= 0.3 is 0 Å². The summed E-state index contributed by atoms with van der Waals surface area (Å²) >= 11 is 0. The Morgan fingerprint density at radius 1 is 1.19 bits per heavy atom. The number of aliphatic imine (C=N–C) groups is 1. The van der Waals surface area contributed by atoms with Crippen LogP contribution in [0.25, 0.3) is 0 Å². The maximum absolute atomic E-state index is 12.6. The summed E-state index contributed by atoms with van der Waals surface area (Å²) < 4.78 is 0. The summed E-state index contributed by atoms with van der Waals surface area (Å²) in [7, 11) is 1.80. The number of carbonyl (C=O) groups excluding carboxylic acids is 1. The normalized spacial score (nSPS) is 20.4. The van der Waals surface area contributed by atoms with Gasteiger partial charge in [0.15, 0.2) is 5.96 Å². The van der Waals surface area contributed by atoms with E-state index < -0.39 is 0 Å². The van der Waals surface area contributed by atoms with Gasteiger partial charge in [-0.15, -0.1) is 24.0 Å². The monoisotopic (exact) mass is 484 g/mol. The van der Waals surface area contributed by atoms with Gasteiger partial charge in [0.2, 0.25) is 5.91 Å². The van der Waals surface area contributed by atoms with Crippen LogP contribution in [0.1, 0.15) is 43.2 Å². The summed E-state index contributed by atoms with van der Waals surface area (Å²) in [6.45, 7) is 4.62. The Morgan fingerprint density at radius 3 is 2.56 bits per heavy atom. The smallest absolute Gasteiger partial charge is 0.225 e. The summed E-state index contributed by atoms with van der Waals surface area (Å²) in [6.07, 6.45) is 6.55. The van der Waals surface area contributed by atoms with Crippen LogP contribution in [0.2, 0.25) is 0 Å². The number of hydrogen-bond acceptors (Lipinski definition) is 2. The van der Waals surface area contributed by atoms with Crippen LogP contribution < -0.4 is 10.6 Å². The maximum atomic E-state index is 12.6. The van der Waals surface area contributed by atoms with E-state index in [2.05, 4.69) is 46.8 Å². The third-order valence-corrected chi connectivity index (χ3v) is 5.60. The van der Waals surface area contributed by atoms with E-state index in [4.69, 9.17) is 0 Å². The van der Waals surface area contributed by atoms with Crippen LogP contribution in [0.4, 0.5) is 0 Å². The number of guanidine groups is 1. The molecule has 1 atom stereocenters. The Morgan fingerprint density at radius 2 is 1.89 bits per heavy atom. The number of halogens is 1. The van der Waals surface area contributed by atoms with Gasteiger partial charge in [0.05, 0.1) is 0 Å². The molecule has 2 N–H and O–H groups in total. The van der Waals surface area contributed by atoms with Crippen molar-refractivity contribution in [2.45, 2.75) is 51.5 Å².